The summed E-state index contributed by atoms with van der Waals surface area (Å²) in [6.45, 7) is 1.90. The molecule has 0 atom stereocenters. The van der Waals surface area contributed by atoms with E-state index in [1.54, 1.807) is 12.1 Å². The number of carbonyl (C=O) groups is 1. The van der Waals surface area contributed by atoms with E-state index in [4.69, 9.17) is 23.2 Å². The van der Waals surface area contributed by atoms with E-state index in [0.29, 0.717) is 46.8 Å². The molecule has 6 nitrogen and oxygen atoms in total. The standard InChI is InChI=1S/C20H19Cl2N3O3S2/c1-30(27,28)25-10-8-24(9-11-25)16-5-3-2-4-15(16)23-20(26)19-18(22)14-7-6-13(21)12-17(14)29-19/h2-7,12H,8-11H2,1H3,(H,23,26). The Labute approximate surface area is 189 Å². The molecule has 2 aromatic carbocycles. The Bertz CT molecular complexity index is 1220. The highest BCUT2D eigenvalue weighted by molar-refractivity contribution is 7.88. The Morgan fingerprint density at radius 1 is 1.07 bits per heavy atom. The number of hydrogen-bond acceptors (Lipinski definition) is 5. The lowest BCUT2D eigenvalue weighted by molar-refractivity contribution is 0.103. The molecule has 0 spiro atoms. The van der Waals surface area contributed by atoms with Crippen LogP contribution in [0.15, 0.2) is 42.5 Å². The van der Waals surface area contributed by atoms with Crippen molar-refractivity contribution < 1.29 is 13.2 Å². The molecule has 3 aromatic rings. The summed E-state index contributed by atoms with van der Waals surface area (Å²) in [4.78, 5) is 15.5. The van der Waals surface area contributed by atoms with E-state index in [-0.39, 0.29) is 5.91 Å². The first-order chi connectivity index (χ1) is 14.2. The van der Waals surface area contributed by atoms with Gasteiger partial charge in [-0.05, 0) is 24.3 Å². The van der Waals surface area contributed by atoms with E-state index in [2.05, 4.69) is 10.2 Å². The van der Waals surface area contributed by atoms with Gasteiger partial charge in [-0.3, -0.25) is 4.79 Å². The van der Waals surface area contributed by atoms with Crippen molar-refractivity contribution in [2.45, 2.75) is 0 Å². The molecule has 1 aromatic heterocycles. The van der Waals surface area contributed by atoms with E-state index in [1.165, 1.54) is 21.9 Å². The summed E-state index contributed by atoms with van der Waals surface area (Å²) in [6.07, 6.45) is 1.22. The van der Waals surface area contributed by atoms with Crippen LogP contribution >= 0.6 is 34.5 Å². The predicted molar refractivity (Wildman–Crippen MR) is 125 cm³/mol. The summed E-state index contributed by atoms with van der Waals surface area (Å²) >= 11 is 13.8. The average molecular weight is 484 g/mol. The third-order valence-electron chi connectivity index (χ3n) is 5.00. The number of hydrogen-bond donors (Lipinski definition) is 1. The molecule has 2 heterocycles. The van der Waals surface area contributed by atoms with Crippen LogP contribution in [0.2, 0.25) is 10.0 Å². The zero-order chi connectivity index (χ0) is 21.5. The lowest BCUT2D eigenvalue weighted by atomic mass is 10.2. The van der Waals surface area contributed by atoms with Crippen molar-refractivity contribution >= 4 is 71.9 Å². The van der Waals surface area contributed by atoms with Gasteiger partial charge >= 0.3 is 0 Å². The molecule has 10 heteroatoms. The van der Waals surface area contributed by atoms with Crippen molar-refractivity contribution in [2.75, 3.05) is 42.7 Å². The number of rotatable bonds is 4. The molecule has 1 aliphatic heterocycles. The van der Waals surface area contributed by atoms with Crippen molar-refractivity contribution in [3.8, 4) is 0 Å². The van der Waals surface area contributed by atoms with Gasteiger partial charge in [-0.1, -0.05) is 41.4 Å². The van der Waals surface area contributed by atoms with Crippen LogP contribution in [-0.2, 0) is 10.0 Å². The number of para-hydroxylation sites is 2. The van der Waals surface area contributed by atoms with Gasteiger partial charge in [0.05, 0.1) is 22.7 Å². The molecule has 4 rings (SSSR count). The molecular formula is C20H19Cl2N3O3S2. The van der Waals surface area contributed by atoms with Crippen LogP contribution in [-0.4, -0.2) is 51.1 Å². The van der Waals surface area contributed by atoms with Crippen molar-refractivity contribution in [1.29, 1.82) is 0 Å². The van der Waals surface area contributed by atoms with E-state index >= 15 is 0 Å². The van der Waals surface area contributed by atoms with E-state index < -0.39 is 10.0 Å². The number of carbonyl (C=O) groups excluding carboxylic acids is 1. The second-order valence-corrected chi connectivity index (χ2v) is 10.9. The molecule has 1 fully saturated rings. The number of halogens is 2. The van der Waals surface area contributed by atoms with Crippen molar-refractivity contribution in [1.82, 2.24) is 4.31 Å². The Kier molecular flexibility index (Phi) is 5.96. The van der Waals surface area contributed by atoms with Crippen LogP contribution in [0.4, 0.5) is 11.4 Å². The van der Waals surface area contributed by atoms with Crippen molar-refractivity contribution in [3.05, 3.63) is 57.4 Å². The second-order valence-electron chi connectivity index (χ2n) is 7.01. The molecular weight excluding hydrogens is 465 g/mol. The maximum absolute atomic E-state index is 13.0. The van der Waals surface area contributed by atoms with E-state index in [1.807, 2.05) is 30.3 Å². The first kappa shape index (κ1) is 21.4. The Hall–Kier alpha value is -1.84. The fraction of sp³-hybridized carbons (Fsp3) is 0.250. The van der Waals surface area contributed by atoms with Crippen LogP contribution in [0.25, 0.3) is 10.1 Å². The molecule has 1 aliphatic rings. The predicted octanol–water partition coefficient (Wildman–Crippen LogP) is 4.54. The molecule has 158 valence electrons. The molecule has 0 aliphatic carbocycles. The summed E-state index contributed by atoms with van der Waals surface area (Å²) in [5.41, 5.74) is 1.50. The minimum atomic E-state index is -3.20. The van der Waals surface area contributed by atoms with Gasteiger partial charge in [0.25, 0.3) is 5.91 Å². The van der Waals surface area contributed by atoms with Gasteiger partial charge < -0.3 is 10.2 Å². The number of amides is 1. The summed E-state index contributed by atoms with van der Waals surface area (Å²) < 4.78 is 25.8. The first-order valence-electron chi connectivity index (χ1n) is 9.22. The van der Waals surface area contributed by atoms with Crippen LogP contribution < -0.4 is 10.2 Å². The molecule has 0 saturated carbocycles. The summed E-state index contributed by atoms with van der Waals surface area (Å²) in [6, 6.07) is 12.8. The van der Waals surface area contributed by atoms with Crippen LogP contribution in [0.1, 0.15) is 9.67 Å². The molecule has 0 radical (unpaired) electrons. The van der Waals surface area contributed by atoms with Crippen LogP contribution in [0.3, 0.4) is 0 Å². The monoisotopic (exact) mass is 483 g/mol. The van der Waals surface area contributed by atoms with Crippen molar-refractivity contribution in [3.63, 3.8) is 0 Å². The summed E-state index contributed by atoms with van der Waals surface area (Å²) in [5.74, 6) is -0.292. The van der Waals surface area contributed by atoms with Crippen molar-refractivity contribution in [2.24, 2.45) is 0 Å². The quantitative estimate of drug-likeness (QED) is 0.591. The third kappa shape index (κ3) is 4.29. The van der Waals surface area contributed by atoms with Gasteiger partial charge in [-0.2, -0.15) is 4.31 Å². The molecule has 0 unspecified atom stereocenters. The Morgan fingerprint density at radius 3 is 2.47 bits per heavy atom. The molecule has 1 N–H and O–H groups in total. The minimum Gasteiger partial charge on any atom is -0.367 e. The number of anilines is 2. The topological polar surface area (TPSA) is 69.7 Å². The number of nitrogens with one attached hydrogen (secondary N) is 1. The number of fused-ring (bicyclic) bond motifs is 1. The van der Waals surface area contributed by atoms with Gasteiger partial charge in [-0.15, -0.1) is 11.3 Å². The fourth-order valence-corrected chi connectivity index (χ4v) is 5.99. The first-order valence-corrected chi connectivity index (χ1v) is 12.6. The number of nitrogens with zero attached hydrogens (tertiary/aromatic N) is 2. The summed E-state index contributed by atoms with van der Waals surface area (Å²) in [5, 5.41) is 4.75. The fourth-order valence-electron chi connectivity index (χ4n) is 3.48. The van der Waals surface area contributed by atoms with E-state index in [9.17, 15) is 13.2 Å². The van der Waals surface area contributed by atoms with Gasteiger partial charge in [0, 0.05) is 41.3 Å². The third-order valence-corrected chi connectivity index (χ3v) is 8.19. The second kappa shape index (κ2) is 8.36. The molecule has 1 amide bonds. The molecule has 30 heavy (non-hydrogen) atoms. The Balaban J connectivity index is 1.57. The Morgan fingerprint density at radius 2 is 1.77 bits per heavy atom. The zero-order valence-electron chi connectivity index (χ0n) is 16.1. The lowest BCUT2D eigenvalue weighted by Gasteiger charge is -2.35. The number of benzene rings is 2. The van der Waals surface area contributed by atoms with Gasteiger partial charge in [-0.25, -0.2) is 8.42 Å². The number of sulfonamides is 1. The van der Waals surface area contributed by atoms with Crippen LogP contribution in [0, 0.1) is 0 Å². The lowest BCUT2D eigenvalue weighted by Crippen LogP contribution is -2.48. The minimum absolute atomic E-state index is 0.292. The molecule has 1 saturated heterocycles. The van der Waals surface area contributed by atoms with Crippen LogP contribution in [0.5, 0.6) is 0 Å². The van der Waals surface area contributed by atoms with Gasteiger partial charge in [0.1, 0.15) is 4.88 Å². The molecule has 0 bridgehead atoms. The highest BCUT2D eigenvalue weighted by Crippen LogP contribution is 2.37. The van der Waals surface area contributed by atoms with E-state index in [0.717, 1.165) is 15.8 Å². The summed E-state index contributed by atoms with van der Waals surface area (Å²) in [7, 11) is -3.20. The van der Waals surface area contributed by atoms with Gasteiger partial charge in [0.15, 0.2) is 0 Å². The highest BCUT2D eigenvalue weighted by atomic mass is 35.5. The normalized spacial score (nSPS) is 15.5. The number of piperazine rings is 1. The SMILES string of the molecule is CS(=O)(=O)N1CCN(c2ccccc2NC(=O)c2sc3cc(Cl)ccc3c2Cl)CC1. The average Bonchev–Trinajstić information content (AvgIpc) is 3.03. The smallest absolute Gasteiger partial charge is 0.267 e. The zero-order valence-corrected chi connectivity index (χ0v) is 19.2. The maximum Gasteiger partial charge on any atom is 0.267 e. The maximum atomic E-state index is 13.0. The number of thiophene rings is 1. The highest BCUT2D eigenvalue weighted by Gasteiger charge is 2.25. The largest absolute Gasteiger partial charge is 0.367 e. The van der Waals surface area contributed by atoms with Gasteiger partial charge in [0.2, 0.25) is 10.0 Å².